The first-order valence-corrected chi connectivity index (χ1v) is 7.51. The molecule has 1 aliphatic rings. The Morgan fingerprint density at radius 3 is 2.62 bits per heavy atom. The molecule has 1 heterocycles. The minimum Gasteiger partial charge on any atom is -0.341 e. The molecular formula is C17H21N3O. The Hall–Kier alpha value is -2.10. The number of likely N-dealkylation sites (N-methyl/N-ethyl adjacent to an activating group) is 1. The van der Waals surface area contributed by atoms with Crippen LogP contribution in [-0.4, -0.2) is 28.1 Å². The second kappa shape index (κ2) is 5.72. The molecule has 1 N–H and O–H groups in total. The molecule has 1 saturated carbocycles. The number of hydrogen-bond donors (Lipinski definition) is 1. The average Bonchev–Trinajstić information content (AvgIpc) is 3.19. The van der Waals surface area contributed by atoms with Gasteiger partial charge in [-0.05, 0) is 18.4 Å². The maximum atomic E-state index is 13.1. The first-order valence-electron chi connectivity index (χ1n) is 7.51. The molecule has 0 saturated heterocycles. The summed E-state index contributed by atoms with van der Waals surface area (Å²) in [6.45, 7) is 0.601. The lowest BCUT2D eigenvalue weighted by atomic mass is 9.77. The molecule has 21 heavy (non-hydrogen) atoms. The van der Waals surface area contributed by atoms with Gasteiger partial charge in [-0.25, -0.2) is 0 Å². The molecule has 4 heteroatoms. The molecule has 1 fully saturated rings. The van der Waals surface area contributed by atoms with Crippen molar-refractivity contribution in [2.75, 3.05) is 7.05 Å². The minimum absolute atomic E-state index is 0.229. The summed E-state index contributed by atoms with van der Waals surface area (Å²) in [4.78, 5) is 14.9. The normalized spacial score (nSPS) is 16.8. The highest BCUT2D eigenvalue weighted by atomic mass is 16.2. The molecule has 0 bridgehead atoms. The predicted octanol–water partition coefficient (Wildman–Crippen LogP) is 2.88. The molecule has 0 aliphatic heterocycles. The summed E-state index contributed by atoms with van der Waals surface area (Å²) in [5, 5.41) is 6.74. The van der Waals surface area contributed by atoms with E-state index in [2.05, 4.69) is 22.3 Å². The van der Waals surface area contributed by atoms with Gasteiger partial charge in [-0.1, -0.05) is 43.2 Å². The quantitative estimate of drug-likeness (QED) is 0.938. The predicted molar refractivity (Wildman–Crippen MR) is 81.6 cm³/mol. The van der Waals surface area contributed by atoms with Crippen molar-refractivity contribution in [3.8, 4) is 0 Å². The summed E-state index contributed by atoms with van der Waals surface area (Å²) in [6.07, 6.45) is 7.76. The molecule has 0 spiro atoms. The van der Waals surface area contributed by atoms with E-state index in [4.69, 9.17) is 0 Å². The summed E-state index contributed by atoms with van der Waals surface area (Å²) in [5.41, 5.74) is 1.86. The Balaban J connectivity index is 1.85. The number of carbonyl (C=O) groups is 1. The third-order valence-electron chi connectivity index (χ3n) is 4.51. The fourth-order valence-corrected chi connectivity index (χ4v) is 3.44. The molecule has 1 aromatic carbocycles. The van der Waals surface area contributed by atoms with Crippen LogP contribution in [0.25, 0.3) is 0 Å². The van der Waals surface area contributed by atoms with Crippen LogP contribution in [0.2, 0.25) is 0 Å². The van der Waals surface area contributed by atoms with Crippen LogP contribution >= 0.6 is 0 Å². The lowest BCUT2D eigenvalue weighted by Crippen LogP contribution is -2.43. The maximum Gasteiger partial charge on any atom is 0.233 e. The zero-order valence-electron chi connectivity index (χ0n) is 12.4. The maximum absolute atomic E-state index is 13.1. The molecule has 2 aromatic rings. The Morgan fingerprint density at radius 2 is 2.00 bits per heavy atom. The summed E-state index contributed by atoms with van der Waals surface area (Å²) < 4.78 is 0. The van der Waals surface area contributed by atoms with Crippen LogP contribution in [-0.2, 0) is 16.8 Å². The number of aromatic nitrogens is 2. The fraction of sp³-hybridized carbons (Fsp3) is 0.412. The largest absolute Gasteiger partial charge is 0.341 e. The topological polar surface area (TPSA) is 49.0 Å². The van der Waals surface area contributed by atoms with Crippen molar-refractivity contribution in [3.05, 3.63) is 53.9 Å². The van der Waals surface area contributed by atoms with Crippen LogP contribution in [0.4, 0.5) is 0 Å². The van der Waals surface area contributed by atoms with Crippen molar-refractivity contribution in [2.45, 2.75) is 37.6 Å². The van der Waals surface area contributed by atoms with Crippen LogP contribution in [0, 0.1) is 0 Å². The van der Waals surface area contributed by atoms with Gasteiger partial charge in [0.05, 0.1) is 11.6 Å². The van der Waals surface area contributed by atoms with Crippen LogP contribution < -0.4 is 0 Å². The van der Waals surface area contributed by atoms with Crippen molar-refractivity contribution in [2.24, 2.45) is 0 Å². The van der Waals surface area contributed by atoms with Gasteiger partial charge in [0.25, 0.3) is 0 Å². The number of aromatic amines is 1. The molecule has 3 rings (SSSR count). The zero-order valence-corrected chi connectivity index (χ0v) is 12.4. The molecule has 4 nitrogen and oxygen atoms in total. The Bertz CT molecular complexity index is 586. The number of hydrogen-bond acceptors (Lipinski definition) is 2. The Morgan fingerprint density at radius 1 is 1.29 bits per heavy atom. The van der Waals surface area contributed by atoms with Gasteiger partial charge in [-0.15, -0.1) is 0 Å². The van der Waals surface area contributed by atoms with E-state index in [9.17, 15) is 4.79 Å². The van der Waals surface area contributed by atoms with E-state index in [-0.39, 0.29) is 11.3 Å². The van der Waals surface area contributed by atoms with Crippen LogP contribution in [0.3, 0.4) is 0 Å². The van der Waals surface area contributed by atoms with Crippen molar-refractivity contribution in [1.29, 1.82) is 0 Å². The van der Waals surface area contributed by atoms with Gasteiger partial charge >= 0.3 is 0 Å². The first-order chi connectivity index (χ1) is 10.2. The SMILES string of the molecule is CN(Cc1cn[nH]c1)C(=O)C1(c2ccccc2)CCCC1. The van der Waals surface area contributed by atoms with Crippen molar-refractivity contribution < 1.29 is 4.79 Å². The van der Waals surface area contributed by atoms with Crippen molar-refractivity contribution in [1.82, 2.24) is 15.1 Å². The molecule has 0 radical (unpaired) electrons. The van der Waals surface area contributed by atoms with E-state index in [0.29, 0.717) is 6.54 Å². The molecule has 1 aromatic heterocycles. The number of benzene rings is 1. The highest BCUT2D eigenvalue weighted by Crippen LogP contribution is 2.42. The standard InChI is InChI=1S/C17H21N3O/c1-20(13-14-11-18-19-12-14)16(21)17(9-5-6-10-17)15-7-3-2-4-8-15/h2-4,7-8,11-12H,5-6,9-10,13H2,1H3,(H,18,19). The van der Waals surface area contributed by atoms with Gasteiger partial charge in [0.1, 0.15) is 0 Å². The highest BCUT2D eigenvalue weighted by molar-refractivity contribution is 5.88. The smallest absolute Gasteiger partial charge is 0.233 e. The molecule has 110 valence electrons. The van der Waals surface area contributed by atoms with Gasteiger partial charge in [0.15, 0.2) is 0 Å². The average molecular weight is 283 g/mol. The number of rotatable bonds is 4. The minimum atomic E-state index is -0.334. The van der Waals surface area contributed by atoms with Crippen molar-refractivity contribution in [3.63, 3.8) is 0 Å². The van der Waals surface area contributed by atoms with E-state index < -0.39 is 0 Å². The van der Waals surface area contributed by atoms with E-state index in [0.717, 1.165) is 36.8 Å². The van der Waals surface area contributed by atoms with Crippen LogP contribution in [0.15, 0.2) is 42.7 Å². The fourth-order valence-electron chi connectivity index (χ4n) is 3.44. The summed E-state index contributed by atoms with van der Waals surface area (Å²) in [5.74, 6) is 0.229. The van der Waals surface area contributed by atoms with Gasteiger partial charge in [-0.3, -0.25) is 9.89 Å². The van der Waals surface area contributed by atoms with Gasteiger partial charge < -0.3 is 4.90 Å². The summed E-state index contributed by atoms with van der Waals surface area (Å²) >= 11 is 0. The van der Waals surface area contributed by atoms with E-state index >= 15 is 0 Å². The van der Waals surface area contributed by atoms with Crippen molar-refractivity contribution >= 4 is 5.91 Å². The Labute approximate surface area is 125 Å². The Kier molecular flexibility index (Phi) is 3.78. The number of nitrogens with zero attached hydrogens (tertiary/aromatic N) is 2. The van der Waals surface area contributed by atoms with E-state index in [1.807, 2.05) is 36.3 Å². The second-order valence-electron chi connectivity index (χ2n) is 5.92. The summed E-state index contributed by atoms with van der Waals surface area (Å²) in [6, 6.07) is 10.2. The summed E-state index contributed by atoms with van der Waals surface area (Å²) in [7, 11) is 1.89. The van der Waals surface area contributed by atoms with Crippen LogP contribution in [0.5, 0.6) is 0 Å². The zero-order chi connectivity index (χ0) is 14.7. The number of carbonyl (C=O) groups excluding carboxylic acids is 1. The molecular weight excluding hydrogens is 262 g/mol. The molecule has 0 unspecified atom stereocenters. The highest BCUT2D eigenvalue weighted by Gasteiger charge is 2.44. The molecule has 0 atom stereocenters. The second-order valence-corrected chi connectivity index (χ2v) is 5.92. The van der Waals surface area contributed by atoms with Gasteiger partial charge in [0, 0.05) is 25.4 Å². The van der Waals surface area contributed by atoms with Crippen LogP contribution in [0.1, 0.15) is 36.8 Å². The monoisotopic (exact) mass is 283 g/mol. The lowest BCUT2D eigenvalue weighted by molar-refractivity contribution is -0.136. The van der Waals surface area contributed by atoms with E-state index in [1.54, 1.807) is 6.20 Å². The number of amides is 1. The number of nitrogens with one attached hydrogen (secondary N) is 1. The first kappa shape index (κ1) is 13.9. The van der Waals surface area contributed by atoms with E-state index in [1.165, 1.54) is 0 Å². The lowest BCUT2D eigenvalue weighted by Gasteiger charge is -2.32. The third kappa shape index (κ3) is 2.58. The number of H-pyrrole nitrogens is 1. The van der Waals surface area contributed by atoms with Gasteiger partial charge in [0.2, 0.25) is 5.91 Å². The molecule has 1 amide bonds. The molecule has 1 aliphatic carbocycles. The van der Waals surface area contributed by atoms with Gasteiger partial charge in [-0.2, -0.15) is 5.10 Å². The third-order valence-corrected chi connectivity index (χ3v) is 4.51.